The molecule has 0 spiro atoms. The van der Waals surface area contributed by atoms with Crippen molar-refractivity contribution >= 4 is 11.8 Å². The monoisotopic (exact) mass is 394 g/mol. The lowest BCUT2D eigenvalue weighted by atomic mass is 10.1. The average Bonchev–Trinajstić information content (AvgIpc) is 2.72. The molecule has 0 bridgehead atoms. The summed E-state index contributed by atoms with van der Waals surface area (Å²) in [6.07, 6.45) is 1.91. The number of hydrogen-bond donors (Lipinski definition) is 1. The van der Waals surface area contributed by atoms with Crippen LogP contribution in [-0.4, -0.2) is 28.8 Å². The van der Waals surface area contributed by atoms with Crippen LogP contribution in [0.4, 0.5) is 0 Å². The molecule has 0 aliphatic rings. The summed E-state index contributed by atoms with van der Waals surface area (Å²) in [6, 6.07) is 15.9. The van der Waals surface area contributed by atoms with Gasteiger partial charge >= 0.3 is 0 Å². The molecule has 0 saturated heterocycles. The number of benzene rings is 2. The van der Waals surface area contributed by atoms with Gasteiger partial charge in [0.05, 0.1) is 0 Å². The summed E-state index contributed by atoms with van der Waals surface area (Å²) in [7, 11) is 0. The number of amides is 2. The number of nitrogens with zero attached hydrogens (tertiary/aromatic N) is 1. The molecule has 0 radical (unpaired) electrons. The van der Waals surface area contributed by atoms with Gasteiger partial charge in [-0.25, -0.2) is 0 Å². The molecule has 0 unspecified atom stereocenters. The van der Waals surface area contributed by atoms with Crippen LogP contribution in [0.1, 0.15) is 55.9 Å². The van der Waals surface area contributed by atoms with Gasteiger partial charge in [-0.05, 0) is 51.7 Å². The summed E-state index contributed by atoms with van der Waals surface area (Å²) in [4.78, 5) is 27.5. The zero-order valence-electron chi connectivity index (χ0n) is 18.4. The molecule has 29 heavy (non-hydrogen) atoms. The van der Waals surface area contributed by atoms with E-state index in [1.165, 1.54) is 11.1 Å². The molecule has 2 rings (SSSR count). The van der Waals surface area contributed by atoms with Crippen molar-refractivity contribution < 1.29 is 9.59 Å². The van der Waals surface area contributed by atoms with Gasteiger partial charge in [-0.1, -0.05) is 66.6 Å². The van der Waals surface area contributed by atoms with Gasteiger partial charge in [-0.2, -0.15) is 0 Å². The highest BCUT2D eigenvalue weighted by molar-refractivity contribution is 5.87. The lowest BCUT2D eigenvalue weighted by Gasteiger charge is -2.30. The topological polar surface area (TPSA) is 49.4 Å². The minimum Gasteiger partial charge on any atom is -0.352 e. The van der Waals surface area contributed by atoms with Gasteiger partial charge in [0.1, 0.15) is 6.04 Å². The van der Waals surface area contributed by atoms with Crippen molar-refractivity contribution in [2.45, 2.75) is 72.5 Å². The maximum atomic E-state index is 13.1. The van der Waals surface area contributed by atoms with Crippen LogP contribution in [0.3, 0.4) is 0 Å². The van der Waals surface area contributed by atoms with Crippen molar-refractivity contribution in [3.63, 3.8) is 0 Å². The van der Waals surface area contributed by atoms with Crippen LogP contribution in [0.5, 0.6) is 0 Å². The molecule has 2 amide bonds. The molecule has 156 valence electrons. The average molecular weight is 395 g/mol. The molecular weight excluding hydrogens is 360 g/mol. The van der Waals surface area contributed by atoms with Gasteiger partial charge in [0.15, 0.2) is 0 Å². The van der Waals surface area contributed by atoms with E-state index in [1.54, 1.807) is 4.90 Å². The lowest BCUT2D eigenvalue weighted by molar-refractivity contribution is -0.140. The van der Waals surface area contributed by atoms with Gasteiger partial charge in [0.2, 0.25) is 11.8 Å². The van der Waals surface area contributed by atoms with E-state index in [0.29, 0.717) is 19.4 Å². The van der Waals surface area contributed by atoms with Crippen LogP contribution in [0, 0.1) is 13.8 Å². The Morgan fingerprint density at radius 1 is 0.897 bits per heavy atom. The first kappa shape index (κ1) is 22.7. The van der Waals surface area contributed by atoms with Crippen LogP contribution in [0.25, 0.3) is 0 Å². The zero-order chi connectivity index (χ0) is 21.4. The standard InChI is InChI=1S/C25H34N2O2/c1-6-20(4)26-25(29)21(5)27(17-23-13-9-19(3)10-14-23)24(28)16-15-22-11-7-18(2)8-12-22/h7-14,20-21H,6,15-17H2,1-5H3,(H,26,29)/t20-,21+/m0/s1. The first-order valence-corrected chi connectivity index (χ1v) is 10.5. The number of aryl methyl sites for hydroxylation is 3. The fourth-order valence-electron chi connectivity index (χ4n) is 3.09. The third-order valence-corrected chi connectivity index (χ3v) is 5.39. The summed E-state index contributed by atoms with van der Waals surface area (Å²) in [6.45, 7) is 10.4. The van der Waals surface area contributed by atoms with E-state index in [0.717, 1.165) is 17.5 Å². The minimum absolute atomic E-state index is 0.00190. The molecule has 4 heteroatoms. The SMILES string of the molecule is CC[C@H](C)NC(=O)[C@@H](C)N(Cc1ccc(C)cc1)C(=O)CCc1ccc(C)cc1. The first-order valence-electron chi connectivity index (χ1n) is 10.5. The number of carbonyl (C=O) groups is 2. The molecule has 0 heterocycles. The van der Waals surface area contributed by atoms with E-state index in [4.69, 9.17) is 0 Å². The molecule has 2 aromatic carbocycles. The van der Waals surface area contributed by atoms with E-state index < -0.39 is 6.04 Å². The van der Waals surface area contributed by atoms with Gasteiger partial charge in [0.25, 0.3) is 0 Å². The molecular formula is C25H34N2O2. The molecule has 0 aromatic heterocycles. The summed E-state index contributed by atoms with van der Waals surface area (Å²) in [5, 5.41) is 3.01. The zero-order valence-corrected chi connectivity index (χ0v) is 18.4. The Morgan fingerprint density at radius 2 is 1.41 bits per heavy atom. The van der Waals surface area contributed by atoms with Crippen LogP contribution in [-0.2, 0) is 22.6 Å². The van der Waals surface area contributed by atoms with E-state index >= 15 is 0 Å². The second-order valence-electron chi connectivity index (χ2n) is 7.99. The Labute approximate surface area is 175 Å². The third-order valence-electron chi connectivity index (χ3n) is 5.39. The van der Waals surface area contributed by atoms with Gasteiger partial charge in [-0.15, -0.1) is 0 Å². The Hall–Kier alpha value is -2.62. The minimum atomic E-state index is -0.518. The first-order chi connectivity index (χ1) is 13.8. The Kier molecular flexibility index (Phi) is 8.44. The van der Waals surface area contributed by atoms with Crippen molar-refractivity contribution in [3.8, 4) is 0 Å². The Bertz CT molecular complexity index is 797. The predicted molar refractivity (Wildman–Crippen MR) is 119 cm³/mol. The normalized spacial score (nSPS) is 12.9. The van der Waals surface area contributed by atoms with E-state index in [1.807, 2.05) is 52.0 Å². The largest absolute Gasteiger partial charge is 0.352 e. The smallest absolute Gasteiger partial charge is 0.242 e. The molecule has 1 N–H and O–H groups in total. The molecule has 2 atom stereocenters. The quantitative estimate of drug-likeness (QED) is 0.677. The number of hydrogen-bond acceptors (Lipinski definition) is 2. The van der Waals surface area contributed by atoms with Crippen molar-refractivity contribution in [3.05, 3.63) is 70.8 Å². The summed E-state index contributed by atoms with van der Waals surface area (Å²) in [5.41, 5.74) is 4.54. The summed E-state index contributed by atoms with van der Waals surface area (Å²) in [5.74, 6) is -0.104. The van der Waals surface area contributed by atoms with E-state index in [-0.39, 0.29) is 17.9 Å². The van der Waals surface area contributed by atoms with Crippen LogP contribution in [0.15, 0.2) is 48.5 Å². The van der Waals surface area contributed by atoms with Crippen LogP contribution < -0.4 is 5.32 Å². The molecule has 0 aliphatic carbocycles. The van der Waals surface area contributed by atoms with E-state index in [9.17, 15) is 9.59 Å². The lowest BCUT2D eigenvalue weighted by Crippen LogP contribution is -2.49. The summed E-state index contributed by atoms with van der Waals surface area (Å²) >= 11 is 0. The second kappa shape index (κ2) is 10.8. The highest BCUT2D eigenvalue weighted by atomic mass is 16.2. The maximum absolute atomic E-state index is 13.1. The number of carbonyl (C=O) groups excluding carboxylic acids is 2. The molecule has 0 saturated carbocycles. The van der Waals surface area contributed by atoms with Gasteiger partial charge in [-0.3, -0.25) is 9.59 Å². The summed E-state index contributed by atoms with van der Waals surface area (Å²) < 4.78 is 0. The molecule has 4 nitrogen and oxygen atoms in total. The van der Waals surface area contributed by atoms with Crippen molar-refractivity contribution in [2.75, 3.05) is 0 Å². The van der Waals surface area contributed by atoms with Crippen molar-refractivity contribution in [1.29, 1.82) is 0 Å². The van der Waals surface area contributed by atoms with Crippen LogP contribution in [0.2, 0.25) is 0 Å². The fourth-order valence-corrected chi connectivity index (χ4v) is 3.09. The predicted octanol–water partition coefficient (Wildman–Crippen LogP) is 4.57. The number of rotatable bonds is 9. The van der Waals surface area contributed by atoms with Gasteiger partial charge in [0, 0.05) is 19.0 Å². The molecule has 0 aliphatic heterocycles. The van der Waals surface area contributed by atoms with Crippen molar-refractivity contribution in [2.24, 2.45) is 0 Å². The fraction of sp³-hybridized carbons (Fsp3) is 0.440. The molecule has 0 fully saturated rings. The van der Waals surface area contributed by atoms with Crippen molar-refractivity contribution in [1.82, 2.24) is 10.2 Å². The van der Waals surface area contributed by atoms with Gasteiger partial charge < -0.3 is 10.2 Å². The highest BCUT2D eigenvalue weighted by Crippen LogP contribution is 2.14. The maximum Gasteiger partial charge on any atom is 0.242 e. The second-order valence-corrected chi connectivity index (χ2v) is 7.99. The van der Waals surface area contributed by atoms with E-state index in [2.05, 4.69) is 36.5 Å². The number of nitrogens with one attached hydrogen (secondary N) is 1. The molecule has 2 aromatic rings. The Morgan fingerprint density at radius 3 is 1.93 bits per heavy atom. The van der Waals surface area contributed by atoms with Crippen LogP contribution >= 0.6 is 0 Å². The Balaban J connectivity index is 2.13. The third kappa shape index (κ3) is 7.04. The highest BCUT2D eigenvalue weighted by Gasteiger charge is 2.26.